The molecule has 104 valence electrons. The van der Waals surface area contributed by atoms with Gasteiger partial charge in [0.2, 0.25) is 5.91 Å². The maximum atomic E-state index is 12.4. The topological polar surface area (TPSA) is 66.6 Å². The van der Waals surface area contributed by atoms with Gasteiger partial charge in [-0.3, -0.25) is 9.59 Å². The lowest BCUT2D eigenvalue weighted by atomic mass is 10.1. The molecule has 0 saturated heterocycles. The number of amides is 2. The van der Waals surface area contributed by atoms with Gasteiger partial charge in [-0.25, -0.2) is 0 Å². The molecule has 0 spiro atoms. The van der Waals surface area contributed by atoms with Gasteiger partial charge in [-0.2, -0.15) is 0 Å². The van der Waals surface area contributed by atoms with E-state index in [9.17, 15) is 9.59 Å². The van der Waals surface area contributed by atoms with Crippen molar-refractivity contribution in [2.24, 2.45) is 0 Å². The third-order valence-electron chi connectivity index (χ3n) is 3.05. The Hall–Kier alpha value is -2.04. The Labute approximate surface area is 114 Å². The summed E-state index contributed by atoms with van der Waals surface area (Å²) in [6.07, 6.45) is 0. The van der Waals surface area contributed by atoms with E-state index in [1.807, 2.05) is 19.9 Å². The minimum Gasteiger partial charge on any atom is -0.398 e. The fourth-order valence-corrected chi connectivity index (χ4v) is 1.67. The van der Waals surface area contributed by atoms with Gasteiger partial charge in [0.05, 0.1) is 12.1 Å². The quantitative estimate of drug-likeness (QED) is 0.828. The van der Waals surface area contributed by atoms with Gasteiger partial charge in [-0.15, -0.1) is 0 Å². The lowest BCUT2D eigenvalue weighted by Gasteiger charge is -2.23. The van der Waals surface area contributed by atoms with E-state index in [0.29, 0.717) is 17.8 Å². The molecule has 0 fully saturated rings. The number of benzene rings is 1. The highest BCUT2D eigenvalue weighted by Crippen LogP contribution is 2.18. The molecule has 0 radical (unpaired) electrons. The fourth-order valence-electron chi connectivity index (χ4n) is 1.67. The van der Waals surface area contributed by atoms with Crippen LogP contribution in [0.25, 0.3) is 0 Å². The van der Waals surface area contributed by atoms with Gasteiger partial charge < -0.3 is 15.5 Å². The smallest absolute Gasteiger partial charge is 0.256 e. The number of anilines is 1. The maximum Gasteiger partial charge on any atom is 0.256 e. The summed E-state index contributed by atoms with van der Waals surface area (Å²) in [7, 11) is 3.34. The Morgan fingerprint density at radius 1 is 1.26 bits per heavy atom. The Morgan fingerprint density at radius 3 is 2.42 bits per heavy atom. The monoisotopic (exact) mass is 263 g/mol. The first-order chi connectivity index (χ1) is 8.88. The van der Waals surface area contributed by atoms with E-state index in [0.717, 1.165) is 5.56 Å². The second-order valence-electron chi connectivity index (χ2n) is 4.64. The Kier molecular flexibility index (Phi) is 4.92. The summed E-state index contributed by atoms with van der Waals surface area (Å²) in [4.78, 5) is 27.0. The van der Waals surface area contributed by atoms with Crippen molar-refractivity contribution in [3.8, 4) is 0 Å². The van der Waals surface area contributed by atoms with Crippen LogP contribution in [0.2, 0.25) is 0 Å². The molecular weight excluding hydrogens is 242 g/mol. The molecule has 0 aliphatic rings. The van der Waals surface area contributed by atoms with E-state index in [2.05, 4.69) is 0 Å². The van der Waals surface area contributed by atoms with Gasteiger partial charge in [0.15, 0.2) is 0 Å². The second-order valence-corrected chi connectivity index (χ2v) is 4.64. The van der Waals surface area contributed by atoms with Crippen LogP contribution < -0.4 is 5.73 Å². The average molecular weight is 263 g/mol. The Morgan fingerprint density at radius 2 is 1.89 bits per heavy atom. The number of rotatable bonds is 4. The third kappa shape index (κ3) is 3.47. The summed E-state index contributed by atoms with van der Waals surface area (Å²) in [5.74, 6) is -0.319. The molecular formula is C14H21N3O2. The number of aryl methyl sites for hydroxylation is 1. The number of likely N-dealkylation sites (N-methyl/N-ethyl adjacent to an activating group) is 2. The first-order valence-electron chi connectivity index (χ1n) is 6.23. The molecule has 1 aromatic rings. The van der Waals surface area contributed by atoms with Crippen LogP contribution in [0, 0.1) is 6.92 Å². The van der Waals surface area contributed by atoms with Crippen molar-refractivity contribution >= 4 is 17.5 Å². The predicted molar refractivity (Wildman–Crippen MR) is 75.9 cm³/mol. The lowest BCUT2D eigenvalue weighted by Crippen LogP contribution is -2.40. The highest BCUT2D eigenvalue weighted by Gasteiger charge is 2.20. The molecule has 5 nitrogen and oxygen atoms in total. The molecule has 1 aromatic carbocycles. The zero-order valence-electron chi connectivity index (χ0n) is 11.9. The number of para-hydroxylation sites is 1. The minimum atomic E-state index is -0.209. The van der Waals surface area contributed by atoms with E-state index in [4.69, 9.17) is 5.73 Å². The van der Waals surface area contributed by atoms with Crippen LogP contribution in [-0.4, -0.2) is 48.8 Å². The van der Waals surface area contributed by atoms with Gasteiger partial charge in [-0.1, -0.05) is 12.1 Å². The van der Waals surface area contributed by atoms with Gasteiger partial charge in [0, 0.05) is 26.3 Å². The van der Waals surface area contributed by atoms with E-state index >= 15 is 0 Å². The summed E-state index contributed by atoms with van der Waals surface area (Å²) < 4.78 is 0. The largest absolute Gasteiger partial charge is 0.398 e. The number of carbonyl (C=O) groups excluding carboxylic acids is 2. The maximum absolute atomic E-state index is 12.4. The fraction of sp³-hybridized carbons (Fsp3) is 0.429. The SMILES string of the molecule is CCN(CC(=O)N(C)C)C(=O)c1cccc(C)c1N. The molecule has 0 aliphatic carbocycles. The van der Waals surface area contributed by atoms with E-state index in [1.54, 1.807) is 26.2 Å². The molecule has 0 bridgehead atoms. The lowest BCUT2D eigenvalue weighted by molar-refractivity contribution is -0.129. The molecule has 19 heavy (non-hydrogen) atoms. The van der Waals surface area contributed by atoms with Crippen LogP contribution in [0.5, 0.6) is 0 Å². The molecule has 0 unspecified atom stereocenters. The zero-order chi connectivity index (χ0) is 14.6. The molecule has 2 amide bonds. The van der Waals surface area contributed by atoms with Crippen molar-refractivity contribution < 1.29 is 9.59 Å². The van der Waals surface area contributed by atoms with Crippen LogP contribution in [0.4, 0.5) is 5.69 Å². The molecule has 0 aliphatic heterocycles. The number of carbonyl (C=O) groups is 2. The number of hydrogen-bond acceptors (Lipinski definition) is 3. The molecule has 5 heteroatoms. The van der Waals surface area contributed by atoms with E-state index in [1.165, 1.54) is 9.80 Å². The summed E-state index contributed by atoms with van der Waals surface area (Å²) in [5, 5.41) is 0. The number of hydrogen-bond donors (Lipinski definition) is 1. The molecule has 2 N–H and O–H groups in total. The Bertz CT molecular complexity index is 484. The van der Waals surface area contributed by atoms with Crippen LogP contribution in [-0.2, 0) is 4.79 Å². The van der Waals surface area contributed by atoms with Crippen molar-refractivity contribution in [1.82, 2.24) is 9.80 Å². The van der Waals surface area contributed by atoms with Crippen LogP contribution >= 0.6 is 0 Å². The van der Waals surface area contributed by atoms with Gasteiger partial charge in [0.25, 0.3) is 5.91 Å². The minimum absolute atomic E-state index is 0.0652. The highest BCUT2D eigenvalue weighted by atomic mass is 16.2. The first-order valence-corrected chi connectivity index (χ1v) is 6.23. The number of nitrogens with two attached hydrogens (primary N) is 1. The van der Waals surface area contributed by atoms with Crippen molar-refractivity contribution in [3.05, 3.63) is 29.3 Å². The van der Waals surface area contributed by atoms with Crippen molar-refractivity contribution in [2.75, 3.05) is 32.9 Å². The summed E-state index contributed by atoms with van der Waals surface area (Å²) in [5.41, 5.74) is 7.71. The molecule has 0 atom stereocenters. The van der Waals surface area contributed by atoms with Crippen molar-refractivity contribution in [2.45, 2.75) is 13.8 Å². The molecule has 1 rings (SSSR count). The molecule has 0 heterocycles. The second kappa shape index (κ2) is 6.22. The van der Waals surface area contributed by atoms with Gasteiger partial charge in [0.1, 0.15) is 0 Å². The number of nitrogen functional groups attached to an aromatic ring is 1. The normalized spacial score (nSPS) is 10.1. The van der Waals surface area contributed by atoms with Crippen molar-refractivity contribution in [1.29, 1.82) is 0 Å². The number of nitrogens with zero attached hydrogens (tertiary/aromatic N) is 2. The molecule has 0 aromatic heterocycles. The van der Waals surface area contributed by atoms with E-state index < -0.39 is 0 Å². The Balaban J connectivity index is 2.96. The first kappa shape index (κ1) is 15.0. The van der Waals surface area contributed by atoms with Crippen LogP contribution in [0.15, 0.2) is 18.2 Å². The zero-order valence-corrected chi connectivity index (χ0v) is 11.9. The highest BCUT2D eigenvalue weighted by molar-refractivity contribution is 6.01. The predicted octanol–water partition coefficient (Wildman–Crippen LogP) is 1.13. The van der Waals surface area contributed by atoms with Gasteiger partial charge in [-0.05, 0) is 25.5 Å². The summed E-state index contributed by atoms with van der Waals surface area (Å²) >= 11 is 0. The van der Waals surface area contributed by atoms with Crippen LogP contribution in [0.1, 0.15) is 22.8 Å². The summed E-state index contributed by atoms with van der Waals surface area (Å²) in [6, 6.07) is 5.33. The van der Waals surface area contributed by atoms with E-state index in [-0.39, 0.29) is 18.4 Å². The van der Waals surface area contributed by atoms with Crippen molar-refractivity contribution in [3.63, 3.8) is 0 Å². The molecule has 0 saturated carbocycles. The van der Waals surface area contributed by atoms with Crippen LogP contribution in [0.3, 0.4) is 0 Å². The summed E-state index contributed by atoms with van der Waals surface area (Å²) in [6.45, 7) is 4.22. The third-order valence-corrected chi connectivity index (χ3v) is 3.05. The average Bonchev–Trinajstić information content (AvgIpc) is 2.38. The standard InChI is InChI=1S/C14H21N3O2/c1-5-17(9-12(18)16(3)4)14(19)11-8-6-7-10(2)13(11)15/h6-8H,5,9,15H2,1-4H3. The van der Waals surface area contributed by atoms with Gasteiger partial charge >= 0.3 is 0 Å².